The van der Waals surface area contributed by atoms with Gasteiger partial charge in [0, 0.05) is 54.7 Å². The van der Waals surface area contributed by atoms with Gasteiger partial charge in [0.1, 0.15) is 17.7 Å². The molecule has 0 aliphatic carbocycles. The molecule has 6 rings (SSSR count). The first-order valence-corrected chi connectivity index (χ1v) is 11.6. The van der Waals surface area contributed by atoms with Gasteiger partial charge in [0.2, 0.25) is 11.8 Å². The number of amides is 1. The van der Waals surface area contributed by atoms with Crippen molar-refractivity contribution in [1.29, 1.82) is 0 Å². The highest BCUT2D eigenvalue weighted by Crippen LogP contribution is 2.41. The molecule has 1 amide bonds. The molecule has 0 radical (unpaired) electrons. The number of carbonyl (C=O) groups is 1. The van der Waals surface area contributed by atoms with E-state index in [0.29, 0.717) is 28.4 Å². The molecule has 35 heavy (non-hydrogen) atoms. The summed E-state index contributed by atoms with van der Waals surface area (Å²) in [5, 5.41) is 3.52. The minimum absolute atomic E-state index is 0.280. The lowest BCUT2D eigenvalue weighted by atomic mass is 9.73. The number of likely N-dealkylation sites (tertiary alicyclic amines) is 1. The maximum absolute atomic E-state index is 11.6. The zero-order valence-electron chi connectivity index (χ0n) is 19.5. The minimum atomic E-state index is -0.280. The van der Waals surface area contributed by atoms with E-state index in [0.717, 1.165) is 29.7 Å². The molecule has 2 saturated heterocycles. The van der Waals surface area contributed by atoms with Gasteiger partial charge in [-0.15, -0.1) is 0 Å². The van der Waals surface area contributed by atoms with E-state index in [1.54, 1.807) is 18.2 Å². The van der Waals surface area contributed by atoms with Crippen molar-refractivity contribution in [1.82, 2.24) is 19.9 Å². The minimum Gasteiger partial charge on any atom is -0.438 e. The standard InChI is InChI=1S/C27H26N6O2/c1-3-24(34)30-19-5-4-6-21(11-19)35-26-22-12-23(31-25(22)28-17-29-26)18-7-9-20(10-8-18)33-15-27(16-33)13-32(2)14-27/h3-12,17H,1,13-16H2,2H3,(H,30,34)(H,28,29,31). The molecule has 0 saturated carbocycles. The van der Waals surface area contributed by atoms with E-state index in [-0.39, 0.29) is 5.91 Å². The van der Waals surface area contributed by atoms with Crippen LogP contribution in [0.2, 0.25) is 0 Å². The number of anilines is 2. The van der Waals surface area contributed by atoms with Gasteiger partial charge in [-0.2, -0.15) is 0 Å². The normalized spacial score (nSPS) is 16.5. The molecule has 2 aromatic carbocycles. The lowest BCUT2D eigenvalue weighted by Crippen LogP contribution is -2.71. The second kappa shape index (κ2) is 8.25. The first-order chi connectivity index (χ1) is 17.0. The van der Waals surface area contributed by atoms with Crippen LogP contribution in [0, 0.1) is 5.41 Å². The molecule has 4 aromatic rings. The average molecular weight is 467 g/mol. The smallest absolute Gasteiger partial charge is 0.247 e. The molecule has 4 heterocycles. The number of fused-ring (bicyclic) bond motifs is 1. The maximum atomic E-state index is 11.6. The topological polar surface area (TPSA) is 86.4 Å². The van der Waals surface area contributed by atoms with Crippen LogP contribution >= 0.6 is 0 Å². The van der Waals surface area contributed by atoms with Crippen molar-refractivity contribution in [2.45, 2.75) is 0 Å². The van der Waals surface area contributed by atoms with Crippen LogP contribution in [0.3, 0.4) is 0 Å². The Morgan fingerprint density at radius 2 is 1.91 bits per heavy atom. The average Bonchev–Trinajstić information content (AvgIpc) is 3.26. The Labute approximate surface area is 203 Å². The van der Waals surface area contributed by atoms with Crippen LogP contribution in [-0.2, 0) is 4.79 Å². The van der Waals surface area contributed by atoms with E-state index in [1.165, 1.54) is 31.2 Å². The SMILES string of the molecule is C=CC(=O)Nc1cccc(Oc2ncnc3[nH]c(-c4ccc(N5CC6(CN(C)C6)C5)cc4)cc23)c1. The lowest BCUT2D eigenvalue weighted by molar-refractivity contribution is -0.111. The Kier molecular flexibility index (Phi) is 5.04. The molecule has 0 atom stereocenters. The van der Waals surface area contributed by atoms with Crippen LogP contribution in [0.5, 0.6) is 11.6 Å². The third-order valence-electron chi connectivity index (χ3n) is 6.70. The van der Waals surface area contributed by atoms with Gasteiger partial charge < -0.3 is 24.8 Å². The van der Waals surface area contributed by atoms with Crippen molar-refractivity contribution in [3.63, 3.8) is 0 Å². The van der Waals surface area contributed by atoms with Crippen molar-refractivity contribution < 1.29 is 9.53 Å². The molecule has 0 bridgehead atoms. The lowest BCUT2D eigenvalue weighted by Gasteiger charge is -2.60. The van der Waals surface area contributed by atoms with Crippen LogP contribution in [0.25, 0.3) is 22.3 Å². The van der Waals surface area contributed by atoms with Gasteiger partial charge in [-0.25, -0.2) is 9.97 Å². The molecule has 176 valence electrons. The first kappa shape index (κ1) is 21.4. The Bertz CT molecular complexity index is 1410. The maximum Gasteiger partial charge on any atom is 0.247 e. The van der Waals surface area contributed by atoms with E-state index in [2.05, 4.69) is 68.0 Å². The second-order valence-corrected chi connectivity index (χ2v) is 9.52. The fraction of sp³-hybridized carbons (Fsp3) is 0.222. The number of hydrogen-bond donors (Lipinski definition) is 2. The fourth-order valence-electron chi connectivity index (χ4n) is 5.19. The Morgan fingerprint density at radius 3 is 2.66 bits per heavy atom. The van der Waals surface area contributed by atoms with E-state index < -0.39 is 0 Å². The van der Waals surface area contributed by atoms with Gasteiger partial charge in [-0.3, -0.25) is 4.79 Å². The highest BCUT2D eigenvalue weighted by Gasteiger charge is 2.50. The second-order valence-electron chi connectivity index (χ2n) is 9.52. The summed E-state index contributed by atoms with van der Waals surface area (Å²) in [4.78, 5) is 28.5. The zero-order valence-corrected chi connectivity index (χ0v) is 19.5. The van der Waals surface area contributed by atoms with Crippen LogP contribution in [0.1, 0.15) is 0 Å². The number of H-pyrrole nitrogens is 1. The monoisotopic (exact) mass is 466 g/mol. The number of aromatic nitrogens is 3. The molecule has 2 aromatic heterocycles. The van der Waals surface area contributed by atoms with Crippen LogP contribution in [-0.4, -0.2) is 59.0 Å². The van der Waals surface area contributed by atoms with Gasteiger partial charge in [-0.05, 0) is 49.0 Å². The van der Waals surface area contributed by atoms with Crippen LogP contribution in [0.15, 0.2) is 73.6 Å². The third kappa shape index (κ3) is 4.02. The number of aromatic amines is 1. The molecule has 8 nitrogen and oxygen atoms in total. The van der Waals surface area contributed by atoms with Gasteiger partial charge in [0.05, 0.1) is 5.39 Å². The number of rotatable bonds is 6. The molecule has 0 unspecified atom stereocenters. The number of ether oxygens (including phenoxy) is 1. The zero-order chi connectivity index (χ0) is 24.0. The van der Waals surface area contributed by atoms with Crippen LogP contribution in [0.4, 0.5) is 11.4 Å². The molecule has 2 fully saturated rings. The third-order valence-corrected chi connectivity index (χ3v) is 6.70. The van der Waals surface area contributed by atoms with Crippen molar-refractivity contribution >= 4 is 28.3 Å². The largest absolute Gasteiger partial charge is 0.438 e. The van der Waals surface area contributed by atoms with E-state index in [1.807, 2.05) is 12.1 Å². The fourth-order valence-corrected chi connectivity index (χ4v) is 5.19. The molecule has 2 N–H and O–H groups in total. The van der Waals surface area contributed by atoms with E-state index >= 15 is 0 Å². The highest BCUT2D eigenvalue weighted by molar-refractivity contribution is 5.99. The molecule has 2 aliphatic rings. The number of benzene rings is 2. The van der Waals surface area contributed by atoms with Crippen molar-refractivity contribution in [3.8, 4) is 22.9 Å². The molecular formula is C27H26N6O2. The summed E-state index contributed by atoms with van der Waals surface area (Å²) in [5.74, 6) is 0.721. The summed E-state index contributed by atoms with van der Waals surface area (Å²) >= 11 is 0. The van der Waals surface area contributed by atoms with Crippen molar-refractivity contribution in [2.24, 2.45) is 5.41 Å². The summed E-state index contributed by atoms with van der Waals surface area (Å²) in [6.07, 6.45) is 2.70. The number of nitrogens with zero attached hydrogens (tertiary/aromatic N) is 4. The summed E-state index contributed by atoms with van der Waals surface area (Å²) in [6.45, 7) is 8.16. The summed E-state index contributed by atoms with van der Waals surface area (Å²) < 4.78 is 6.05. The Balaban J connectivity index is 1.20. The van der Waals surface area contributed by atoms with Crippen molar-refractivity contribution in [2.75, 3.05) is 43.4 Å². The predicted octanol–water partition coefficient (Wildman–Crippen LogP) is 4.29. The predicted molar refractivity (Wildman–Crippen MR) is 137 cm³/mol. The van der Waals surface area contributed by atoms with Crippen LogP contribution < -0.4 is 15.0 Å². The molecule has 8 heteroatoms. The van der Waals surface area contributed by atoms with Gasteiger partial charge >= 0.3 is 0 Å². The summed E-state index contributed by atoms with van der Waals surface area (Å²) in [6, 6.07) is 17.8. The summed E-state index contributed by atoms with van der Waals surface area (Å²) in [5.41, 5.74) is 5.11. The van der Waals surface area contributed by atoms with Crippen molar-refractivity contribution in [3.05, 3.63) is 73.6 Å². The Hall–Kier alpha value is -4.17. The van der Waals surface area contributed by atoms with E-state index in [9.17, 15) is 4.79 Å². The first-order valence-electron chi connectivity index (χ1n) is 11.6. The number of hydrogen-bond acceptors (Lipinski definition) is 6. The molecule has 2 aliphatic heterocycles. The number of carbonyl (C=O) groups excluding carboxylic acids is 1. The van der Waals surface area contributed by atoms with E-state index in [4.69, 9.17) is 4.74 Å². The van der Waals surface area contributed by atoms with Gasteiger partial charge in [0.25, 0.3) is 0 Å². The molecule has 1 spiro atoms. The Morgan fingerprint density at radius 1 is 1.11 bits per heavy atom. The molecular weight excluding hydrogens is 440 g/mol. The van der Waals surface area contributed by atoms with Gasteiger partial charge in [0.15, 0.2) is 0 Å². The number of nitrogens with one attached hydrogen (secondary N) is 2. The summed E-state index contributed by atoms with van der Waals surface area (Å²) in [7, 11) is 2.19. The van der Waals surface area contributed by atoms with Gasteiger partial charge in [-0.1, -0.05) is 24.8 Å². The quantitative estimate of drug-likeness (QED) is 0.412. The highest BCUT2D eigenvalue weighted by atomic mass is 16.5.